The van der Waals surface area contributed by atoms with E-state index in [4.69, 9.17) is 9.40 Å². The number of aryl methyl sites for hydroxylation is 2. The van der Waals surface area contributed by atoms with Gasteiger partial charge in [-0.25, -0.2) is 4.98 Å². The number of aromatic nitrogens is 2. The maximum Gasteiger partial charge on any atom is 0.259 e. The first kappa shape index (κ1) is 17.5. The van der Waals surface area contributed by atoms with E-state index in [0.29, 0.717) is 0 Å². The van der Waals surface area contributed by atoms with Gasteiger partial charge in [0.1, 0.15) is 16.4 Å². The summed E-state index contributed by atoms with van der Waals surface area (Å²) in [5, 5.41) is 0.742. The number of hydrogen-bond acceptors (Lipinski definition) is 6. The molecule has 0 saturated carbocycles. The van der Waals surface area contributed by atoms with E-state index in [1.54, 1.807) is 17.6 Å². The molecule has 26 heavy (non-hydrogen) atoms. The second-order valence-electron chi connectivity index (χ2n) is 6.98. The minimum absolute atomic E-state index is 0.0184. The molecule has 1 unspecified atom stereocenters. The van der Waals surface area contributed by atoms with Gasteiger partial charge in [-0.3, -0.25) is 14.6 Å². The van der Waals surface area contributed by atoms with E-state index >= 15 is 0 Å². The number of furan rings is 1. The highest BCUT2D eigenvalue weighted by atomic mass is 32.1. The Labute approximate surface area is 156 Å². The number of thiophene rings is 1. The number of aromatic amines is 1. The molecule has 0 aromatic carbocycles. The minimum atomic E-state index is -0.0184. The van der Waals surface area contributed by atoms with Crippen LogP contribution in [0.3, 0.4) is 0 Å². The molecule has 4 rings (SSSR count). The first-order valence-corrected chi connectivity index (χ1v) is 9.83. The molecule has 1 fully saturated rings. The first-order valence-electron chi connectivity index (χ1n) is 9.01. The summed E-state index contributed by atoms with van der Waals surface area (Å²) >= 11 is 1.61. The fourth-order valence-electron chi connectivity index (χ4n) is 3.57. The summed E-state index contributed by atoms with van der Waals surface area (Å²) in [5.41, 5.74) is 1.03. The maximum atomic E-state index is 12.5. The number of hydrogen-bond donors (Lipinski definition) is 1. The van der Waals surface area contributed by atoms with E-state index < -0.39 is 0 Å². The summed E-state index contributed by atoms with van der Waals surface area (Å²) in [4.78, 5) is 27.1. The lowest BCUT2D eigenvalue weighted by Crippen LogP contribution is -2.47. The molecule has 3 aromatic rings. The van der Waals surface area contributed by atoms with Crippen molar-refractivity contribution in [3.63, 3.8) is 0 Å². The Bertz CT molecular complexity index is 952. The number of nitrogens with zero attached hydrogens (tertiary/aromatic N) is 3. The van der Waals surface area contributed by atoms with Crippen molar-refractivity contribution in [3.05, 3.63) is 50.8 Å². The summed E-state index contributed by atoms with van der Waals surface area (Å²) in [7, 11) is 0. The summed E-state index contributed by atoms with van der Waals surface area (Å²) in [6, 6.07) is 4.05. The number of fused-ring (bicyclic) bond motifs is 1. The van der Waals surface area contributed by atoms with Crippen LogP contribution in [0.4, 0.5) is 0 Å². The van der Waals surface area contributed by atoms with E-state index in [9.17, 15) is 4.79 Å². The summed E-state index contributed by atoms with van der Waals surface area (Å²) in [5.74, 6) is 1.77. The van der Waals surface area contributed by atoms with Crippen molar-refractivity contribution < 1.29 is 4.42 Å². The molecule has 0 spiro atoms. The van der Waals surface area contributed by atoms with Crippen LogP contribution in [-0.4, -0.2) is 45.9 Å². The molecule has 4 heterocycles. The molecule has 1 aliphatic heterocycles. The summed E-state index contributed by atoms with van der Waals surface area (Å²) in [6.07, 6.45) is 1.72. The van der Waals surface area contributed by atoms with Gasteiger partial charge in [-0.05, 0) is 38.5 Å². The van der Waals surface area contributed by atoms with E-state index in [-0.39, 0.29) is 11.6 Å². The van der Waals surface area contributed by atoms with Gasteiger partial charge in [0.2, 0.25) is 0 Å². The van der Waals surface area contributed by atoms with Crippen LogP contribution in [0.25, 0.3) is 10.2 Å². The van der Waals surface area contributed by atoms with Crippen LogP contribution in [0, 0.1) is 13.8 Å². The van der Waals surface area contributed by atoms with Crippen LogP contribution >= 0.6 is 11.3 Å². The van der Waals surface area contributed by atoms with Crippen molar-refractivity contribution >= 4 is 21.6 Å². The lowest BCUT2D eigenvalue weighted by molar-refractivity contribution is 0.0905. The zero-order chi connectivity index (χ0) is 18.3. The SMILES string of the molecule is Cc1sc2nc(C(C)N3CCN(Cc4ccco4)CC3)[nH]c(=O)c2c1C. The Hall–Kier alpha value is -1.96. The van der Waals surface area contributed by atoms with Gasteiger partial charge >= 0.3 is 0 Å². The average Bonchev–Trinajstić information content (AvgIpc) is 3.23. The van der Waals surface area contributed by atoms with Gasteiger partial charge in [0.25, 0.3) is 5.56 Å². The molecule has 7 heteroatoms. The van der Waals surface area contributed by atoms with Gasteiger partial charge in [-0.2, -0.15) is 0 Å². The fraction of sp³-hybridized carbons (Fsp3) is 0.474. The maximum absolute atomic E-state index is 12.5. The largest absolute Gasteiger partial charge is 0.468 e. The van der Waals surface area contributed by atoms with Crippen LogP contribution in [-0.2, 0) is 6.54 Å². The van der Waals surface area contributed by atoms with Crippen molar-refractivity contribution in [1.29, 1.82) is 0 Å². The van der Waals surface area contributed by atoms with Crippen LogP contribution in [0.5, 0.6) is 0 Å². The number of nitrogens with one attached hydrogen (secondary N) is 1. The highest BCUT2D eigenvalue weighted by Crippen LogP contribution is 2.27. The van der Waals surface area contributed by atoms with E-state index in [1.807, 2.05) is 26.0 Å². The van der Waals surface area contributed by atoms with Crippen LogP contribution in [0.2, 0.25) is 0 Å². The molecule has 6 nitrogen and oxygen atoms in total. The van der Waals surface area contributed by atoms with Gasteiger partial charge < -0.3 is 9.40 Å². The van der Waals surface area contributed by atoms with Gasteiger partial charge in [0.05, 0.1) is 24.2 Å². The van der Waals surface area contributed by atoms with Crippen molar-refractivity contribution in [2.75, 3.05) is 26.2 Å². The Morgan fingerprint density at radius 1 is 1.31 bits per heavy atom. The molecule has 3 aromatic heterocycles. The third-order valence-electron chi connectivity index (χ3n) is 5.37. The molecule has 0 amide bonds. The number of piperazine rings is 1. The predicted octanol–water partition coefficient (Wildman–Crippen LogP) is 3.07. The predicted molar refractivity (Wildman–Crippen MR) is 104 cm³/mol. The van der Waals surface area contributed by atoms with Crippen molar-refractivity contribution in [2.24, 2.45) is 0 Å². The summed E-state index contributed by atoms with van der Waals surface area (Å²) < 4.78 is 5.44. The molecular formula is C19H24N4O2S. The van der Waals surface area contributed by atoms with Gasteiger partial charge in [0, 0.05) is 31.1 Å². The average molecular weight is 372 g/mol. The minimum Gasteiger partial charge on any atom is -0.468 e. The van der Waals surface area contributed by atoms with Crippen LogP contribution in [0.1, 0.15) is 35.0 Å². The lowest BCUT2D eigenvalue weighted by Gasteiger charge is -2.37. The fourth-order valence-corrected chi connectivity index (χ4v) is 4.61. The smallest absolute Gasteiger partial charge is 0.259 e. The molecular weight excluding hydrogens is 348 g/mol. The molecule has 0 radical (unpaired) electrons. The Morgan fingerprint density at radius 2 is 2.08 bits per heavy atom. The second-order valence-corrected chi connectivity index (χ2v) is 8.19. The standard InChI is InChI=1S/C19H24N4O2S/c1-12-14(3)26-19-16(12)18(24)20-17(21-19)13(2)23-8-6-22(7-9-23)11-15-5-4-10-25-15/h4-5,10,13H,6-9,11H2,1-3H3,(H,20,21,24). The van der Waals surface area contributed by atoms with E-state index in [1.165, 1.54) is 0 Å². The van der Waals surface area contributed by atoms with Crippen LogP contribution in [0.15, 0.2) is 27.6 Å². The lowest BCUT2D eigenvalue weighted by atomic mass is 10.2. The zero-order valence-corrected chi connectivity index (χ0v) is 16.2. The normalized spacial score (nSPS) is 17.8. The third-order valence-corrected chi connectivity index (χ3v) is 6.47. The quantitative estimate of drug-likeness (QED) is 0.762. The summed E-state index contributed by atoms with van der Waals surface area (Å²) in [6.45, 7) is 10.9. The molecule has 1 N–H and O–H groups in total. The molecule has 138 valence electrons. The number of H-pyrrole nitrogens is 1. The molecule has 1 saturated heterocycles. The third kappa shape index (κ3) is 3.22. The molecule has 0 bridgehead atoms. The monoisotopic (exact) mass is 372 g/mol. The van der Waals surface area contributed by atoms with E-state index in [0.717, 1.165) is 65.0 Å². The van der Waals surface area contributed by atoms with Crippen LogP contribution < -0.4 is 5.56 Å². The Balaban J connectivity index is 1.47. The molecule has 0 aliphatic carbocycles. The van der Waals surface area contributed by atoms with Gasteiger partial charge in [-0.15, -0.1) is 11.3 Å². The Morgan fingerprint density at radius 3 is 2.77 bits per heavy atom. The highest BCUT2D eigenvalue weighted by molar-refractivity contribution is 7.18. The zero-order valence-electron chi connectivity index (χ0n) is 15.4. The van der Waals surface area contributed by atoms with E-state index in [2.05, 4.69) is 21.7 Å². The van der Waals surface area contributed by atoms with Gasteiger partial charge in [0.15, 0.2) is 0 Å². The molecule has 1 atom stereocenters. The first-order chi connectivity index (χ1) is 12.5. The second kappa shape index (κ2) is 6.98. The van der Waals surface area contributed by atoms with Gasteiger partial charge in [-0.1, -0.05) is 0 Å². The van der Waals surface area contributed by atoms with Crippen molar-refractivity contribution in [1.82, 2.24) is 19.8 Å². The Kier molecular flexibility index (Phi) is 4.69. The highest BCUT2D eigenvalue weighted by Gasteiger charge is 2.25. The van der Waals surface area contributed by atoms with Crippen molar-refractivity contribution in [2.45, 2.75) is 33.4 Å². The molecule has 1 aliphatic rings. The number of rotatable bonds is 4. The topological polar surface area (TPSA) is 65.4 Å². The van der Waals surface area contributed by atoms with Crippen molar-refractivity contribution in [3.8, 4) is 0 Å².